The number of aryl methyl sites for hydroxylation is 1. The van der Waals surface area contributed by atoms with E-state index in [1.165, 1.54) is 12.0 Å². The number of rotatable bonds is 8. The van der Waals surface area contributed by atoms with Gasteiger partial charge in [0.1, 0.15) is 0 Å². The zero-order valence-corrected chi connectivity index (χ0v) is 17.6. The second kappa shape index (κ2) is 11.3. The highest BCUT2D eigenvalue weighted by molar-refractivity contribution is 5.94. The molecule has 0 bridgehead atoms. The molecule has 1 fully saturated rings. The first-order valence-corrected chi connectivity index (χ1v) is 10.5. The first kappa shape index (κ1) is 21.8. The quantitative estimate of drug-likeness (QED) is 0.350. The van der Waals surface area contributed by atoms with Crippen molar-refractivity contribution in [1.82, 2.24) is 5.32 Å². The lowest BCUT2D eigenvalue weighted by Crippen LogP contribution is -2.41. The average molecular weight is 376 g/mol. The molecule has 1 amide bonds. The number of carbonyl (C=O) groups is 1. The van der Waals surface area contributed by atoms with Crippen molar-refractivity contribution in [1.29, 1.82) is 0 Å². The molecule has 1 atom stereocenters. The molecule has 0 radical (unpaired) electrons. The molecule has 2 rings (SSSR count). The fourth-order valence-electron chi connectivity index (χ4n) is 3.08. The Balaban J connectivity index is 2.19. The fraction of sp³-hybridized carbons (Fsp3) is 0.423. The van der Waals surface area contributed by atoms with Crippen LogP contribution in [0.4, 0.5) is 0 Å². The zero-order chi connectivity index (χ0) is 20.4. The normalized spacial score (nSPS) is 15.8. The minimum absolute atomic E-state index is 0.0546. The van der Waals surface area contributed by atoms with E-state index < -0.39 is 0 Å². The third-order valence-corrected chi connectivity index (χ3v) is 5.33. The van der Waals surface area contributed by atoms with Gasteiger partial charge >= 0.3 is 0 Å². The van der Waals surface area contributed by atoms with Crippen LogP contribution in [0.3, 0.4) is 0 Å². The van der Waals surface area contributed by atoms with Crippen molar-refractivity contribution >= 4 is 5.91 Å². The number of nitrogens with one attached hydrogen (secondary N) is 1. The monoisotopic (exact) mass is 375 g/mol. The number of allylic oxidation sites excluding steroid dienone is 4. The van der Waals surface area contributed by atoms with E-state index in [1.54, 1.807) is 6.08 Å². The van der Waals surface area contributed by atoms with Crippen molar-refractivity contribution < 1.29 is 4.79 Å². The number of benzene rings is 1. The van der Waals surface area contributed by atoms with Gasteiger partial charge in [-0.15, -0.1) is 0 Å². The number of amides is 1. The van der Waals surface area contributed by atoms with Crippen molar-refractivity contribution in [3.8, 4) is 11.8 Å². The molecule has 1 aliphatic rings. The first-order valence-electron chi connectivity index (χ1n) is 10.5. The molecule has 2 nitrogen and oxygen atoms in total. The Hall–Kier alpha value is -2.53. The van der Waals surface area contributed by atoms with Crippen molar-refractivity contribution in [2.45, 2.75) is 65.3 Å². The Bertz CT molecular complexity index is 799. The summed E-state index contributed by atoms with van der Waals surface area (Å²) < 4.78 is 0. The summed E-state index contributed by atoms with van der Waals surface area (Å²) in [5.74, 6) is 6.67. The molecule has 148 valence electrons. The van der Waals surface area contributed by atoms with E-state index in [9.17, 15) is 4.79 Å². The summed E-state index contributed by atoms with van der Waals surface area (Å²) in [5, 5.41) is 3.15. The van der Waals surface area contributed by atoms with E-state index in [2.05, 4.69) is 62.7 Å². The molecule has 1 unspecified atom stereocenters. The maximum Gasteiger partial charge on any atom is 0.247 e. The van der Waals surface area contributed by atoms with Crippen molar-refractivity contribution in [3.63, 3.8) is 0 Å². The van der Waals surface area contributed by atoms with Gasteiger partial charge < -0.3 is 5.32 Å². The highest BCUT2D eigenvalue weighted by Crippen LogP contribution is 2.21. The highest BCUT2D eigenvalue weighted by Gasteiger charge is 2.22. The summed E-state index contributed by atoms with van der Waals surface area (Å²) in [6.07, 6.45) is 12.1. The van der Waals surface area contributed by atoms with E-state index >= 15 is 0 Å². The van der Waals surface area contributed by atoms with Gasteiger partial charge in [0.2, 0.25) is 5.91 Å². The van der Waals surface area contributed by atoms with Gasteiger partial charge in [-0.3, -0.25) is 4.79 Å². The second-order valence-electron chi connectivity index (χ2n) is 7.56. The first-order chi connectivity index (χ1) is 13.6. The largest absolute Gasteiger partial charge is 0.350 e. The van der Waals surface area contributed by atoms with E-state index in [1.807, 2.05) is 18.2 Å². The molecular formula is C26H33NO. The SMILES string of the molecule is C=CC(C#Cc1cccc(CCC)c1)=CC=C(C(=O)NC1CCC1)C(C)CC. The van der Waals surface area contributed by atoms with Crippen molar-refractivity contribution in [3.05, 3.63) is 71.3 Å². The Kier molecular flexibility index (Phi) is 8.82. The molecule has 2 heteroatoms. The van der Waals surface area contributed by atoms with Crippen LogP contribution in [0.2, 0.25) is 0 Å². The molecule has 0 spiro atoms. The topological polar surface area (TPSA) is 29.1 Å². The van der Waals surface area contributed by atoms with Gasteiger partial charge in [-0.25, -0.2) is 0 Å². The number of hydrogen-bond acceptors (Lipinski definition) is 1. The summed E-state index contributed by atoms with van der Waals surface area (Å²) in [7, 11) is 0. The molecule has 0 heterocycles. The molecule has 28 heavy (non-hydrogen) atoms. The molecule has 0 aromatic heterocycles. The molecule has 1 aliphatic carbocycles. The minimum atomic E-state index is 0.0546. The smallest absolute Gasteiger partial charge is 0.247 e. The van der Waals surface area contributed by atoms with Crippen LogP contribution in [0, 0.1) is 17.8 Å². The Labute approximate surface area is 170 Å². The lowest BCUT2D eigenvalue weighted by molar-refractivity contribution is -0.119. The van der Waals surface area contributed by atoms with Crippen molar-refractivity contribution in [2.75, 3.05) is 0 Å². The van der Waals surface area contributed by atoms with Crippen LogP contribution < -0.4 is 5.32 Å². The molecule has 1 N–H and O–H groups in total. The summed E-state index contributed by atoms with van der Waals surface area (Å²) in [4.78, 5) is 12.7. The van der Waals surface area contributed by atoms with E-state index in [0.29, 0.717) is 6.04 Å². The van der Waals surface area contributed by atoms with Gasteiger partial charge in [0.25, 0.3) is 0 Å². The summed E-state index contributed by atoms with van der Waals surface area (Å²) >= 11 is 0. The third kappa shape index (κ3) is 6.57. The molecular weight excluding hydrogens is 342 g/mol. The minimum Gasteiger partial charge on any atom is -0.350 e. The fourth-order valence-corrected chi connectivity index (χ4v) is 3.08. The average Bonchev–Trinajstić information content (AvgIpc) is 2.67. The zero-order valence-electron chi connectivity index (χ0n) is 17.6. The molecule has 0 aliphatic heterocycles. The summed E-state index contributed by atoms with van der Waals surface area (Å²) in [6.45, 7) is 10.3. The molecule has 1 aromatic carbocycles. The van der Waals surface area contributed by atoms with Crippen LogP contribution in [-0.4, -0.2) is 11.9 Å². The number of carbonyl (C=O) groups excluding carboxylic acids is 1. The molecule has 0 saturated heterocycles. The predicted molar refractivity (Wildman–Crippen MR) is 119 cm³/mol. The van der Waals surface area contributed by atoms with Crippen LogP contribution in [-0.2, 0) is 11.2 Å². The lowest BCUT2D eigenvalue weighted by Gasteiger charge is -2.27. The van der Waals surface area contributed by atoms with Crippen LogP contribution in [0.25, 0.3) is 0 Å². The van der Waals surface area contributed by atoms with E-state index in [0.717, 1.165) is 48.8 Å². The predicted octanol–water partition coefficient (Wildman–Crippen LogP) is 5.74. The molecule has 1 saturated carbocycles. The highest BCUT2D eigenvalue weighted by atomic mass is 16.1. The maximum absolute atomic E-state index is 12.7. The maximum atomic E-state index is 12.7. The van der Waals surface area contributed by atoms with Crippen LogP contribution in [0.5, 0.6) is 0 Å². The third-order valence-electron chi connectivity index (χ3n) is 5.33. The van der Waals surface area contributed by atoms with E-state index in [-0.39, 0.29) is 11.8 Å². The Morgan fingerprint density at radius 3 is 2.71 bits per heavy atom. The number of hydrogen-bond donors (Lipinski definition) is 1. The molecule has 1 aromatic rings. The Morgan fingerprint density at radius 1 is 1.32 bits per heavy atom. The standard InChI is InChI=1S/C26H33NO/c1-5-10-22-11-8-12-23(19-22)16-15-21(7-3)17-18-25(20(4)6-2)26(28)27-24-13-9-14-24/h7-8,11-12,17-20,24H,3,5-6,9-10,13-14H2,1-2,4H3,(H,27,28). The van der Waals surface area contributed by atoms with Gasteiger partial charge in [0.05, 0.1) is 0 Å². The van der Waals surface area contributed by atoms with Gasteiger partial charge in [-0.1, -0.05) is 69.9 Å². The van der Waals surface area contributed by atoms with Crippen molar-refractivity contribution in [2.24, 2.45) is 5.92 Å². The summed E-state index contributed by atoms with van der Waals surface area (Å²) in [5.41, 5.74) is 3.95. The second-order valence-corrected chi connectivity index (χ2v) is 7.56. The summed E-state index contributed by atoms with van der Waals surface area (Å²) in [6, 6.07) is 8.71. The van der Waals surface area contributed by atoms with Gasteiger partial charge in [-0.05, 0) is 61.8 Å². The van der Waals surface area contributed by atoms with Crippen LogP contribution in [0.15, 0.2) is 60.2 Å². The van der Waals surface area contributed by atoms with Gasteiger partial charge in [0.15, 0.2) is 0 Å². The van der Waals surface area contributed by atoms with Gasteiger partial charge in [-0.2, -0.15) is 0 Å². The van der Waals surface area contributed by atoms with Gasteiger partial charge in [0, 0.05) is 22.8 Å². The van der Waals surface area contributed by atoms with Crippen LogP contribution >= 0.6 is 0 Å². The van der Waals surface area contributed by atoms with E-state index in [4.69, 9.17) is 0 Å². The lowest BCUT2D eigenvalue weighted by atomic mass is 9.91. The Morgan fingerprint density at radius 2 is 2.11 bits per heavy atom. The van der Waals surface area contributed by atoms with Crippen LogP contribution in [0.1, 0.15) is 64.0 Å².